The second-order valence-corrected chi connectivity index (χ2v) is 6.13. The molecule has 0 aliphatic carbocycles. The third-order valence-corrected chi connectivity index (χ3v) is 4.39. The first kappa shape index (κ1) is 17.4. The van der Waals surface area contributed by atoms with Crippen molar-refractivity contribution >= 4 is 0 Å². The van der Waals surface area contributed by atoms with Gasteiger partial charge in [-0.25, -0.2) is 0 Å². The van der Waals surface area contributed by atoms with Gasteiger partial charge in [0.05, 0.1) is 20.8 Å². The van der Waals surface area contributed by atoms with E-state index < -0.39 is 0 Å². The van der Waals surface area contributed by atoms with Gasteiger partial charge in [-0.1, -0.05) is 24.3 Å². The van der Waals surface area contributed by atoms with Crippen LogP contribution in [-0.2, 0) is 25.9 Å². The standard InChI is InChI=1S/C21H25NO3/c1-4-5-18-11-16(12-20(23-2)21(18)24-3)14-22-13-15-6-7-19-17(10-15)8-9-25-19/h4,6-7,10-12,22H,1,5,8-9,13-14H2,2-3H3. The number of allylic oxidation sites excluding steroid dienone is 1. The first-order valence-electron chi connectivity index (χ1n) is 8.55. The van der Waals surface area contributed by atoms with E-state index in [1.165, 1.54) is 16.7 Å². The second kappa shape index (κ2) is 8.08. The molecule has 0 saturated carbocycles. The number of benzene rings is 2. The van der Waals surface area contributed by atoms with E-state index in [-0.39, 0.29) is 0 Å². The highest BCUT2D eigenvalue weighted by Crippen LogP contribution is 2.33. The summed E-state index contributed by atoms with van der Waals surface area (Å²) in [5.41, 5.74) is 4.83. The Morgan fingerprint density at radius 2 is 1.96 bits per heavy atom. The fraction of sp³-hybridized carbons (Fsp3) is 0.333. The Balaban J connectivity index is 1.68. The summed E-state index contributed by atoms with van der Waals surface area (Å²) < 4.78 is 16.5. The van der Waals surface area contributed by atoms with Crippen LogP contribution in [0, 0.1) is 0 Å². The van der Waals surface area contributed by atoms with Crippen LogP contribution in [0.5, 0.6) is 17.2 Å². The van der Waals surface area contributed by atoms with Gasteiger partial charge >= 0.3 is 0 Å². The Morgan fingerprint density at radius 1 is 1.12 bits per heavy atom. The average molecular weight is 339 g/mol. The lowest BCUT2D eigenvalue weighted by Gasteiger charge is -2.15. The van der Waals surface area contributed by atoms with Gasteiger partial charge < -0.3 is 19.5 Å². The van der Waals surface area contributed by atoms with Crippen molar-refractivity contribution < 1.29 is 14.2 Å². The SMILES string of the molecule is C=CCc1cc(CNCc2ccc3c(c2)CCO3)cc(OC)c1OC. The van der Waals surface area contributed by atoms with Crippen molar-refractivity contribution in [1.82, 2.24) is 5.32 Å². The molecule has 3 rings (SSSR count). The average Bonchev–Trinajstić information content (AvgIpc) is 3.09. The Hall–Kier alpha value is -2.46. The number of methoxy groups -OCH3 is 2. The molecule has 0 aromatic heterocycles. The predicted octanol–water partition coefficient (Wildman–Crippen LogP) is 3.66. The number of nitrogens with one attached hydrogen (secondary N) is 1. The van der Waals surface area contributed by atoms with Gasteiger partial charge in [0.15, 0.2) is 11.5 Å². The van der Waals surface area contributed by atoms with Crippen molar-refractivity contribution in [2.75, 3.05) is 20.8 Å². The highest BCUT2D eigenvalue weighted by Gasteiger charge is 2.13. The van der Waals surface area contributed by atoms with E-state index in [2.05, 4.69) is 36.2 Å². The summed E-state index contributed by atoms with van der Waals surface area (Å²) in [5.74, 6) is 2.57. The Kier molecular flexibility index (Phi) is 5.61. The van der Waals surface area contributed by atoms with Crippen LogP contribution < -0.4 is 19.5 Å². The van der Waals surface area contributed by atoms with Crippen molar-refractivity contribution in [2.45, 2.75) is 25.9 Å². The third-order valence-electron chi connectivity index (χ3n) is 4.39. The zero-order valence-electron chi connectivity index (χ0n) is 14.9. The van der Waals surface area contributed by atoms with Crippen LogP contribution in [0.25, 0.3) is 0 Å². The number of hydrogen-bond donors (Lipinski definition) is 1. The van der Waals surface area contributed by atoms with Gasteiger partial charge in [0, 0.05) is 25.1 Å². The molecule has 0 fully saturated rings. The van der Waals surface area contributed by atoms with Gasteiger partial charge in [0.25, 0.3) is 0 Å². The first-order valence-corrected chi connectivity index (χ1v) is 8.55. The lowest BCUT2D eigenvalue weighted by molar-refractivity contribution is 0.351. The molecule has 25 heavy (non-hydrogen) atoms. The van der Waals surface area contributed by atoms with Gasteiger partial charge in [0.2, 0.25) is 0 Å². The molecule has 0 spiro atoms. The number of ether oxygens (including phenoxy) is 3. The van der Waals surface area contributed by atoms with Crippen molar-refractivity contribution in [3.63, 3.8) is 0 Å². The highest BCUT2D eigenvalue weighted by atomic mass is 16.5. The van der Waals surface area contributed by atoms with E-state index in [0.29, 0.717) is 0 Å². The molecule has 2 aromatic rings. The van der Waals surface area contributed by atoms with Gasteiger partial charge in [-0.05, 0) is 35.2 Å². The van der Waals surface area contributed by atoms with Crippen molar-refractivity contribution in [2.24, 2.45) is 0 Å². The summed E-state index contributed by atoms with van der Waals surface area (Å²) in [7, 11) is 3.33. The molecule has 0 unspecified atom stereocenters. The largest absolute Gasteiger partial charge is 0.493 e. The second-order valence-electron chi connectivity index (χ2n) is 6.13. The molecule has 1 N–H and O–H groups in total. The minimum atomic E-state index is 0.748. The van der Waals surface area contributed by atoms with Crippen LogP contribution in [0.3, 0.4) is 0 Å². The van der Waals surface area contributed by atoms with Crippen LogP contribution in [0.4, 0.5) is 0 Å². The molecule has 0 radical (unpaired) electrons. The summed E-state index contributed by atoms with van der Waals surface area (Å²) in [5, 5.41) is 3.50. The van der Waals surface area contributed by atoms with E-state index in [0.717, 1.165) is 55.4 Å². The van der Waals surface area contributed by atoms with E-state index >= 15 is 0 Å². The zero-order chi connectivity index (χ0) is 17.6. The molecule has 0 saturated heterocycles. The molecular weight excluding hydrogens is 314 g/mol. The fourth-order valence-electron chi connectivity index (χ4n) is 3.22. The van der Waals surface area contributed by atoms with Crippen molar-refractivity contribution in [3.05, 3.63) is 65.2 Å². The fourth-order valence-corrected chi connectivity index (χ4v) is 3.22. The first-order chi connectivity index (χ1) is 12.2. The van der Waals surface area contributed by atoms with Crippen molar-refractivity contribution in [1.29, 1.82) is 0 Å². The zero-order valence-corrected chi connectivity index (χ0v) is 14.9. The Morgan fingerprint density at radius 3 is 2.72 bits per heavy atom. The Bertz CT molecular complexity index is 755. The van der Waals surface area contributed by atoms with Gasteiger partial charge in [-0.15, -0.1) is 6.58 Å². The van der Waals surface area contributed by atoms with Crippen LogP contribution in [0.15, 0.2) is 43.0 Å². The van der Waals surface area contributed by atoms with E-state index in [4.69, 9.17) is 14.2 Å². The minimum Gasteiger partial charge on any atom is -0.493 e. The van der Waals surface area contributed by atoms with Gasteiger partial charge in [-0.3, -0.25) is 0 Å². The molecule has 0 atom stereocenters. The lowest BCUT2D eigenvalue weighted by atomic mass is 10.0. The van der Waals surface area contributed by atoms with E-state index in [9.17, 15) is 0 Å². The Labute approximate surface area is 149 Å². The van der Waals surface area contributed by atoms with Crippen LogP contribution >= 0.6 is 0 Å². The molecular formula is C21H25NO3. The number of rotatable bonds is 8. The van der Waals surface area contributed by atoms with Crippen LogP contribution in [0.1, 0.15) is 22.3 Å². The van der Waals surface area contributed by atoms with Crippen molar-refractivity contribution in [3.8, 4) is 17.2 Å². The third kappa shape index (κ3) is 3.97. The number of hydrogen-bond acceptors (Lipinski definition) is 4. The van der Waals surface area contributed by atoms with E-state index in [1.54, 1.807) is 14.2 Å². The molecule has 4 nitrogen and oxygen atoms in total. The van der Waals surface area contributed by atoms with E-state index in [1.807, 2.05) is 12.1 Å². The maximum Gasteiger partial charge on any atom is 0.164 e. The van der Waals surface area contributed by atoms with Crippen LogP contribution in [-0.4, -0.2) is 20.8 Å². The molecule has 1 aliphatic rings. The molecule has 132 valence electrons. The molecule has 1 aliphatic heterocycles. The molecule has 2 aromatic carbocycles. The number of fused-ring (bicyclic) bond motifs is 1. The summed E-state index contributed by atoms with van der Waals surface area (Å²) in [6.07, 6.45) is 3.63. The maximum absolute atomic E-state index is 5.56. The lowest BCUT2D eigenvalue weighted by Crippen LogP contribution is -2.13. The highest BCUT2D eigenvalue weighted by molar-refractivity contribution is 5.50. The molecule has 0 amide bonds. The smallest absolute Gasteiger partial charge is 0.164 e. The topological polar surface area (TPSA) is 39.7 Å². The summed E-state index contributed by atoms with van der Waals surface area (Å²) in [6, 6.07) is 10.6. The monoisotopic (exact) mass is 339 g/mol. The minimum absolute atomic E-state index is 0.748. The van der Waals surface area contributed by atoms with Gasteiger partial charge in [-0.2, -0.15) is 0 Å². The maximum atomic E-state index is 5.56. The summed E-state index contributed by atoms with van der Waals surface area (Å²) >= 11 is 0. The molecule has 4 heteroatoms. The summed E-state index contributed by atoms with van der Waals surface area (Å²) in [4.78, 5) is 0. The van der Waals surface area contributed by atoms with Crippen LogP contribution in [0.2, 0.25) is 0 Å². The normalized spacial score (nSPS) is 12.4. The predicted molar refractivity (Wildman–Crippen MR) is 99.6 cm³/mol. The van der Waals surface area contributed by atoms with Gasteiger partial charge in [0.1, 0.15) is 5.75 Å². The molecule has 0 bridgehead atoms. The quantitative estimate of drug-likeness (QED) is 0.745. The molecule has 1 heterocycles. The summed E-state index contributed by atoms with van der Waals surface area (Å²) in [6.45, 7) is 6.20.